The van der Waals surface area contributed by atoms with Crippen LogP contribution in [0.4, 0.5) is 24.8 Å². The van der Waals surface area contributed by atoms with Crippen molar-refractivity contribution in [1.29, 1.82) is 5.41 Å². The number of aromatic nitrogens is 2. The lowest BCUT2D eigenvalue weighted by Crippen LogP contribution is -2.26. The maximum absolute atomic E-state index is 13.4. The molecule has 2 aromatic heterocycles. The molecule has 4 N–H and O–H groups in total. The number of nitrogens with one attached hydrogen (secondary N) is 2. The Morgan fingerprint density at radius 2 is 1.96 bits per heavy atom. The highest BCUT2D eigenvalue weighted by Crippen LogP contribution is 2.33. The predicted molar refractivity (Wildman–Crippen MR) is 98.0 cm³/mol. The number of halogens is 3. The van der Waals surface area contributed by atoms with E-state index < -0.39 is 23.1 Å². The fourth-order valence-corrected chi connectivity index (χ4v) is 3.08. The molecule has 1 aliphatic heterocycles. The number of alkyl halides is 3. The second-order valence-corrected chi connectivity index (χ2v) is 6.38. The molecule has 0 amide bonds. The molecule has 27 heavy (non-hydrogen) atoms. The molecule has 0 aliphatic carbocycles. The first kappa shape index (κ1) is 19.1. The Kier molecular flexibility index (Phi) is 5.59. The van der Waals surface area contributed by atoms with Crippen LogP contribution in [0.5, 0.6) is 0 Å². The summed E-state index contributed by atoms with van der Waals surface area (Å²) in [7, 11) is 0. The lowest BCUT2D eigenvalue weighted by atomic mass is 10.0. The maximum atomic E-state index is 13.4. The molecule has 0 unspecified atom stereocenters. The molecule has 6 nitrogen and oxygen atoms in total. The van der Waals surface area contributed by atoms with Crippen molar-refractivity contribution in [3.8, 4) is 0 Å². The van der Waals surface area contributed by atoms with Crippen molar-refractivity contribution in [1.82, 2.24) is 14.9 Å². The normalized spacial score (nSPS) is 15.1. The molecule has 0 aromatic carbocycles. The molecule has 1 fully saturated rings. The number of pyridine rings is 2. The van der Waals surface area contributed by atoms with Gasteiger partial charge in [-0.15, -0.1) is 0 Å². The summed E-state index contributed by atoms with van der Waals surface area (Å²) in [6.07, 6.45) is -0.862. The topological polar surface area (TPSA) is 90.9 Å². The molecule has 0 bridgehead atoms. The third kappa shape index (κ3) is 4.54. The molecule has 3 rings (SSSR count). The molecule has 0 atom stereocenters. The Bertz CT molecular complexity index is 815. The summed E-state index contributed by atoms with van der Waals surface area (Å²) in [4.78, 5) is 10.2. The molecule has 9 heteroatoms. The summed E-state index contributed by atoms with van der Waals surface area (Å²) in [5, 5.41) is 11.3. The van der Waals surface area contributed by atoms with Gasteiger partial charge < -0.3 is 16.0 Å². The average Bonchev–Trinajstić information content (AvgIpc) is 3.14. The van der Waals surface area contributed by atoms with Gasteiger partial charge in [0.2, 0.25) is 0 Å². The van der Waals surface area contributed by atoms with Crippen LogP contribution in [0.3, 0.4) is 0 Å². The van der Waals surface area contributed by atoms with Crippen molar-refractivity contribution in [3.05, 3.63) is 47.3 Å². The smallest absolute Gasteiger partial charge is 0.383 e. The van der Waals surface area contributed by atoms with E-state index in [0.29, 0.717) is 12.4 Å². The molecule has 0 saturated carbocycles. The summed E-state index contributed by atoms with van der Waals surface area (Å²) in [5.74, 6) is 0.286. The van der Waals surface area contributed by atoms with Gasteiger partial charge in [-0.05, 0) is 50.2 Å². The van der Waals surface area contributed by atoms with Gasteiger partial charge in [-0.3, -0.25) is 5.41 Å². The van der Waals surface area contributed by atoms with Crippen LogP contribution in [0.2, 0.25) is 0 Å². The zero-order chi connectivity index (χ0) is 19.4. The number of likely N-dealkylation sites (tertiary alicyclic amines) is 1. The van der Waals surface area contributed by atoms with Gasteiger partial charge in [-0.1, -0.05) is 0 Å². The van der Waals surface area contributed by atoms with Crippen LogP contribution in [0.15, 0.2) is 30.5 Å². The zero-order valence-electron chi connectivity index (χ0n) is 14.7. The first-order chi connectivity index (χ1) is 12.9. The van der Waals surface area contributed by atoms with Crippen LogP contribution in [0, 0.1) is 5.41 Å². The van der Waals surface area contributed by atoms with Crippen LogP contribution in [-0.4, -0.2) is 46.8 Å². The molecule has 0 spiro atoms. The van der Waals surface area contributed by atoms with Gasteiger partial charge in [0, 0.05) is 24.8 Å². The van der Waals surface area contributed by atoms with E-state index in [0.717, 1.165) is 25.7 Å². The monoisotopic (exact) mass is 378 g/mol. The second-order valence-electron chi connectivity index (χ2n) is 6.38. The zero-order valence-corrected chi connectivity index (χ0v) is 14.7. The number of hydrogen-bond donors (Lipinski definition) is 3. The quantitative estimate of drug-likeness (QED) is 0.672. The first-order valence-electron chi connectivity index (χ1n) is 8.70. The van der Waals surface area contributed by atoms with E-state index in [2.05, 4.69) is 20.2 Å². The molecule has 144 valence electrons. The summed E-state index contributed by atoms with van der Waals surface area (Å²) in [6, 6.07) is 5.21. The van der Waals surface area contributed by atoms with Crippen molar-refractivity contribution < 1.29 is 13.2 Å². The van der Waals surface area contributed by atoms with Crippen LogP contribution >= 0.6 is 0 Å². The van der Waals surface area contributed by atoms with Crippen molar-refractivity contribution in [2.24, 2.45) is 0 Å². The minimum Gasteiger partial charge on any atom is -0.383 e. The van der Waals surface area contributed by atoms with Gasteiger partial charge in [-0.2, -0.15) is 13.2 Å². The minimum absolute atomic E-state index is 0.00943. The highest BCUT2D eigenvalue weighted by atomic mass is 19.4. The van der Waals surface area contributed by atoms with Crippen LogP contribution in [0.25, 0.3) is 0 Å². The molecule has 0 radical (unpaired) electrons. The third-order valence-corrected chi connectivity index (χ3v) is 4.48. The number of hydrogen-bond acceptors (Lipinski definition) is 6. The minimum atomic E-state index is -4.63. The largest absolute Gasteiger partial charge is 0.418 e. The third-order valence-electron chi connectivity index (χ3n) is 4.48. The Balaban J connectivity index is 1.85. The van der Waals surface area contributed by atoms with Gasteiger partial charge >= 0.3 is 6.18 Å². The van der Waals surface area contributed by atoms with Gasteiger partial charge in [0.1, 0.15) is 17.3 Å². The van der Waals surface area contributed by atoms with E-state index in [1.54, 1.807) is 0 Å². The van der Waals surface area contributed by atoms with Gasteiger partial charge in [-0.25, -0.2) is 9.97 Å². The van der Waals surface area contributed by atoms with E-state index in [4.69, 9.17) is 11.1 Å². The average molecular weight is 378 g/mol. The van der Waals surface area contributed by atoms with E-state index in [9.17, 15) is 13.2 Å². The van der Waals surface area contributed by atoms with E-state index in [1.165, 1.54) is 37.2 Å². The highest BCUT2D eigenvalue weighted by molar-refractivity contribution is 6.13. The van der Waals surface area contributed by atoms with Gasteiger partial charge in [0.15, 0.2) is 0 Å². The number of nitrogens with zero attached hydrogens (tertiary/aromatic N) is 3. The Hall–Kier alpha value is -2.68. The number of nitrogen functional groups attached to an aromatic ring is 1. The van der Waals surface area contributed by atoms with Crippen molar-refractivity contribution in [2.45, 2.75) is 19.0 Å². The Labute approximate surface area is 155 Å². The standard InChI is InChI=1S/C18H21F3N6/c19-18(20,21)13-5-6-14(24-8-11-27-9-1-2-10-27)26-16(13)15(22)12-4-3-7-25-17(12)23/h3-7,22H,1-2,8-11H2,(H2,23,25)(H,24,26). The number of rotatable bonds is 6. The Morgan fingerprint density at radius 3 is 2.63 bits per heavy atom. The fourth-order valence-electron chi connectivity index (χ4n) is 3.08. The van der Waals surface area contributed by atoms with Gasteiger partial charge in [0.25, 0.3) is 0 Å². The van der Waals surface area contributed by atoms with E-state index in [-0.39, 0.29) is 11.4 Å². The van der Waals surface area contributed by atoms with Crippen molar-refractivity contribution in [3.63, 3.8) is 0 Å². The van der Waals surface area contributed by atoms with E-state index in [1.807, 2.05) is 0 Å². The maximum Gasteiger partial charge on any atom is 0.418 e. The van der Waals surface area contributed by atoms with Crippen LogP contribution in [-0.2, 0) is 6.18 Å². The molecular formula is C18H21F3N6. The summed E-state index contributed by atoms with van der Waals surface area (Å²) in [6.45, 7) is 3.45. The summed E-state index contributed by atoms with van der Waals surface area (Å²) >= 11 is 0. The number of anilines is 2. The summed E-state index contributed by atoms with van der Waals surface area (Å²) in [5.41, 5.74) is 4.00. The van der Waals surface area contributed by atoms with Crippen LogP contribution in [0.1, 0.15) is 29.7 Å². The van der Waals surface area contributed by atoms with Crippen molar-refractivity contribution >= 4 is 17.3 Å². The Morgan fingerprint density at radius 1 is 1.22 bits per heavy atom. The molecule has 1 saturated heterocycles. The second kappa shape index (κ2) is 7.91. The summed E-state index contributed by atoms with van der Waals surface area (Å²) < 4.78 is 40.2. The lowest BCUT2D eigenvalue weighted by molar-refractivity contribution is -0.137. The lowest BCUT2D eigenvalue weighted by Gasteiger charge is -2.17. The SMILES string of the molecule is N=C(c1cccnc1N)c1nc(NCCN2CCCC2)ccc1C(F)(F)F. The van der Waals surface area contributed by atoms with Gasteiger partial charge in [0.05, 0.1) is 11.3 Å². The highest BCUT2D eigenvalue weighted by Gasteiger charge is 2.36. The van der Waals surface area contributed by atoms with E-state index >= 15 is 0 Å². The molecule has 3 heterocycles. The van der Waals surface area contributed by atoms with Crippen molar-refractivity contribution in [2.75, 3.05) is 37.2 Å². The molecular weight excluding hydrogens is 357 g/mol. The molecule has 1 aliphatic rings. The fraction of sp³-hybridized carbons (Fsp3) is 0.389. The first-order valence-corrected chi connectivity index (χ1v) is 8.70. The number of nitrogens with two attached hydrogens (primary N) is 1. The molecule has 2 aromatic rings. The predicted octanol–water partition coefficient (Wildman–Crippen LogP) is 3.00. The van der Waals surface area contributed by atoms with Crippen LogP contribution < -0.4 is 11.1 Å².